The van der Waals surface area contributed by atoms with Gasteiger partial charge in [-0.05, 0) is 12.5 Å². The van der Waals surface area contributed by atoms with Gasteiger partial charge in [0, 0.05) is 19.7 Å². The largest absolute Gasteiger partial charge is 0.293 e. The molecule has 1 aromatic rings. The molecule has 11 heavy (non-hydrogen) atoms. The molecule has 0 bridgehead atoms. The molecule has 1 rings (SSSR count). The van der Waals surface area contributed by atoms with Gasteiger partial charge >= 0.3 is 0 Å². The maximum absolute atomic E-state index is 10.9. The van der Waals surface area contributed by atoms with Crippen molar-refractivity contribution in [2.75, 3.05) is 0 Å². The van der Waals surface area contributed by atoms with Crippen molar-refractivity contribution in [1.29, 1.82) is 0 Å². The van der Waals surface area contributed by atoms with E-state index in [0.717, 1.165) is 13.0 Å². The molecule has 0 saturated carbocycles. The van der Waals surface area contributed by atoms with Crippen LogP contribution in [0.3, 0.4) is 0 Å². The van der Waals surface area contributed by atoms with Crippen molar-refractivity contribution in [1.82, 2.24) is 9.78 Å². The third-order valence-electron chi connectivity index (χ3n) is 1.51. The summed E-state index contributed by atoms with van der Waals surface area (Å²) >= 11 is 0. The molecule has 0 N–H and O–H groups in total. The maximum atomic E-state index is 10.9. The molecule has 0 aliphatic rings. The minimum Gasteiger partial charge on any atom is -0.293 e. The molecule has 0 fully saturated rings. The summed E-state index contributed by atoms with van der Waals surface area (Å²) in [7, 11) is 0. The normalized spacial score (nSPS) is 10.0. The molecule has 3 heteroatoms. The van der Waals surface area contributed by atoms with E-state index in [1.807, 2.05) is 0 Å². The van der Waals surface area contributed by atoms with Crippen molar-refractivity contribution < 1.29 is 4.79 Å². The van der Waals surface area contributed by atoms with Gasteiger partial charge in [0.05, 0.1) is 0 Å². The van der Waals surface area contributed by atoms with Gasteiger partial charge in [0.2, 0.25) is 0 Å². The molecule has 0 saturated heterocycles. The predicted molar refractivity (Wildman–Crippen MR) is 42.5 cm³/mol. The Morgan fingerprint density at radius 2 is 2.45 bits per heavy atom. The minimum atomic E-state index is 0.0796. The van der Waals surface area contributed by atoms with E-state index in [1.54, 1.807) is 23.9 Å². The van der Waals surface area contributed by atoms with Crippen LogP contribution in [0.1, 0.15) is 30.8 Å². The maximum Gasteiger partial charge on any atom is 0.177 e. The van der Waals surface area contributed by atoms with Crippen molar-refractivity contribution in [3.05, 3.63) is 18.0 Å². The molecule has 0 aliphatic heterocycles. The van der Waals surface area contributed by atoms with Crippen LogP contribution in [0.15, 0.2) is 12.3 Å². The molecule has 0 spiro atoms. The number of carbonyl (C=O) groups is 1. The summed E-state index contributed by atoms with van der Waals surface area (Å²) < 4.78 is 1.74. The highest BCUT2D eigenvalue weighted by molar-refractivity contribution is 5.92. The molecular weight excluding hydrogens is 140 g/mol. The van der Waals surface area contributed by atoms with E-state index in [1.165, 1.54) is 0 Å². The number of aromatic nitrogens is 2. The number of hydrogen-bond acceptors (Lipinski definition) is 2. The van der Waals surface area contributed by atoms with Gasteiger partial charge in [0.15, 0.2) is 5.78 Å². The Morgan fingerprint density at radius 1 is 1.73 bits per heavy atom. The van der Waals surface area contributed by atoms with E-state index in [4.69, 9.17) is 0 Å². The minimum absolute atomic E-state index is 0.0796. The molecule has 0 atom stereocenters. The Balaban J connectivity index is 2.87. The molecule has 0 aliphatic carbocycles. The summed E-state index contributed by atoms with van der Waals surface area (Å²) in [6, 6.07) is 1.75. The van der Waals surface area contributed by atoms with E-state index in [0.29, 0.717) is 5.69 Å². The van der Waals surface area contributed by atoms with E-state index in [9.17, 15) is 4.79 Å². The molecule has 1 heterocycles. The fourth-order valence-corrected chi connectivity index (χ4v) is 1.02. The second-order valence-corrected chi connectivity index (χ2v) is 2.50. The number of aryl methyl sites for hydroxylation is 1. The van der Waals surface area contributed by atoms with Crippen molar-refractivity contribution in [3.63, 3.8) is 0 Å². The molecule has 60 valence electrons. The summed E-state index contributed by atoms with van der Waals surface area (Å²) in [5.41, 5.74) is 0.701. The highest BCUT2D eigenvalue weighted by atomic mass is 16.1. The number of rotatable bonds is 3. The van der Waals surface area contributed by atoms with Crippen LogP contribution in [0.25, 0.3) is 0 Å². The lowest BCUT2D eigenvalue weighted by atomic mass is 10.3. The monoisotopic (exact) mass is 152 g/mol. The van der Waals surface area contributed by atoms with Crippen LogP contribution in [0.2, 0.25) is 0 Å². The van der Waals surface area contributed by atoms with Crippen LogP contribution >= 0.6 is 0 Å². The van der Waals surface area contributed by atoms with Gasteiger partial charge in [-0.1, -0.05) is 6.92 Å². The lowest BCUT2D eigenvalue weighted by Gasteiger charge is -2.00. The number of Topliss-reactive ketones (excluding diaryl/α,β-unsaturated/α-hetero) is 1. The Bertz CT molecular complexity index is 252. The van der Waals surface area contributed by atoms with Gasteiger partial charge in [-0.2, -0.15) is 5.10 Å². The zero-order valence-corrected chi connectivity index (χ0v) is 6.87. The van der Waals surface area contributed by atoms with Crippen molar-refractivity contribution in [3.8, 4) is 0 Å². The molecule has 0 aromatic carbocycles. The topological polar surface area (TPSA) is 34.9 Å². The van der Waals surface area contributed by atoms with Gasteiger partial charge in [-0.25, -0.2) is 0 Å². The van der Waals surface area contributed by atoms with E-state index < -0.39 is 0 Å². The molecular formula is C8H12N2O. The SMILES string of the molecule is CCCn1nccc1C(C)=O. The van der Waals surface area contributed by atoms with Crippen molar-refractivity contribution in [2.24, 2.45) is 0 Å². The van der Waals surface area contributed by atoms with Gasteiger partial charge in [-0.15, -0.1) is 0 Å². The fraction of sp³-hybridized carbons (Fsp3) is 0.500. The summed E-state index contributed by atoms with van der Waals surface area (Å²) in [6.45, 7) is 4.44. The third kappa shape index (κ3) is 1.67. The predicted octanol–water partition coefficient (Wildman–Crippen LogP) is 1.50. The van der Waals surface area contributed by atoms with Gasteiger partial charge < -0.3 is 0 Å². The summed E-state index contributed by atoms with van der Waals surface area (Å²) in [5.74, 6) is 0.0796. The second-order valence-electron chi connectivity index (χ2n) is 2.50. The Labute approximate surface area is 66.0 Å². The molecule has 1 aromatic heterocycles. The Morgan fingerprint density at radius 3 is 3.00 bits per heavy atom. The zero-order valence-electron chi connectivity index (χ0n) is 6.87. The van der Waals surface area contributed by atoms with Gasteiger partial charge in [0.25, 0.3) is 0 Å². The van der Waals surface area contributed by atoms with Gasteiger partial charge in [0.1, 0.15) is 5.69 Å². The molecule has 0 unspecified atom stereocenters. The first-order chi connectivity index (χ1) is 5.25. The number of nitrogens with zero attached hydrogens (tertiary/aromatic N) is 2. The molecule has 0 amide bonds. The van der Waals surface area contributed by atoms with E-state index in [-0.39, 0.29) is 5.78 Å². The fourth-order valence-electron chi connectivity index (χ4n) is 1.02. The summed E-state index contributed by atoms with van der Waals surface area (Å²) in [6.07, 6.45) is 2.66. The summed E-state index contributed by atoms with van der Waals surface area (Å²) in [5, 5.41) is 4.02. The highest BCUT2D eigenvalue weighted by Crippen LogP contribution is 2.00. The van der Waals surface area contributed by atoms with Crippen molar-refractivity contribution in [2.45, 2.75) is 26.8 Å². The lowest BCUT2D eigenvalue weighted by molar-refractivity contribution is 0.100. The Kier molecular flexibility index (Phi) is 2.41. The van der Waals surface area contributed by atoms with Crippen LogP contribution in [0.5, 0.6) is 0 Å². The van der Waals surface area contributed by atoms with Gasteiger partial charge in [-0.3, -0.25) is 9.48 Å². The van der Waals surface area contributed by atoms with Crippen LogP contribution < -0.4 is 0 Å². The van der Waals surface area contributed by atoms with E-state index >= 15 is 0 Å². The van der Waals surface area contributed by atoms with E-state index in [2.05, 4.69) is 12.0 Å². The molecule has 0 radical (unpaired) electrons. The zero-order chi connectivity index (χ0) is 8.27. The summed E-state index contributed by atoms with van der Waals surface area (Å²) in [4.78, 5) is 10.9. The first kappa shape index (κ1) is 7.98. The van der Waals surface area contributed by atoms with Crippen LogP contribution in [-0.4, -0.2) is 15.6 Å². The smallest absolute Gasteiger partial charge is 0.177 e. The average molecular weight is 152 g/mol. The first-order valence-electron chi connectivity index (χ1n) is 3.78. The number of hydrogen-bond donors (Lipinski definition) is 0. The molecule has 3 nitrogen and oxygen atoms in total. The lowest BCUT2D eigenvalue weighted by Crippen LogP contribution is -2.07. The van der Waals surface area contributed by atoms with Crippen molar-refractivity contribution >= 4 is 5.78 Å². The number of ketones is 1. The standard InChI is InChI=1S/C8H12N2O/c1-3-6-10-8(7(2)11)4-5-9-10/h4-5H,3,6H2,1-2H3. The highest BCUT2D eigenvalue weighted by Gasteiger charge is 2.04. The number of carbonyl (C=O) groups excluding carboxylic acids is 1. The van der Waals surface area contributed by atoms with Crippen LogP contribution in [0.4, 0.5) is 0 Å². The third-order valence-corrected chi connectivity index (χ3v) is 1.51. The average Bonchev–Trinajstić information content (AvgIpc) is 2.36. The first-order valence-corrected chi connectivity index (χ1v) is 3.78. The quantitative estimate of drug-likeness (QED) is 0.615. The van der Waals surface area contributed by atoms with Crippen LogP contribution in [-0.2, 0) is 6.54 Å². The van der Waals surface area contributed by atoms with Crippen LogP contribution in [0, 0.1) is 0 Å². The Hall–Kier alpha value is -1.12. The second kappa shape index (κ2) is 3.32.